The molecule has 4 heterocycles. The molecule has 0 radical (unpaired) electrons. The molecule has 1 atom stereocenters. The highest BCUT2D eigenvalue weighted by Gasteiger charge is 2.30. The lowest BCUT2D eigenvalue weighted by atomic mass is 10.0. The monoisotopic (exact) mass is 350 g/mol. The SMILES string of the molecule is Cl.O=C1CNCCN1C1CCCN(Cc2cn3cccnc3n2)C1. The Balaban J connectivity index is 0.00000169. The van der Waals surface area contributed by atoms with Gasteiger partial charge in [0.1, 0.15) is 0 Å². The van der Waals surface area contributed by atoms with Gasteiger partial charge in [-0.15, -0.1) is 12.4 Å². The van der Waals surface area contributed by atoms with Crippen LogP contribution in [0.1, 0.15) is 18.5 Å². The molecule has 0 saturated carbocycles. The molecule has 1 unspecified atom stereocenters. The summed E-state index contributed by atoms with van der Waals surface area (Å²) in [6.45, 7) is 5.04. The molecule has 2 aromatic heterocycles. The zero-order chi connectivity index (χ0) is 15.6. The van der Waals surface area contributed by atoms with Gasteiger partial charge in [0.05, 0.1) is 12.2 Å². The first-order chi connectivity index (χ1) is 11.3. The summed E-state index contributed by atoms with van der Waals surface area (Å²) >= 11 is 0. The van der Waals surface area contributed by atoms with Crippen LogP contribution in [0.3, 0.4) is 0 Å². The van der Waals surface area contributed by atoms with E-state index in [2.05, 4.69) is 25.1 Å². The molecule has 2 aliphatic heterocycles. The molecule has 0 aromatic carbocycles. The topological polar surface area (TPSA) is 65.8 Å². The lowest BCUT2D eigenvalue weighted by Gasteiger charge is -2.41. The summed E-state index contributed by atoms with van der Waals surface area (Å²) in [6, 6.07) is 2.25. The number of carbonyl (C=O) groups is 1. The molecule has 4 rings (SSSR count). The fourth-order valence-corrected chi connectivity index (χ4v) is 3.62. The van der Waals surface area contributed by atoms with Crippen LogP contribution >= 0.6 is 12.4 Å². The highest BCUT2D eigenvalue weighted by molar-refractivity contribution is 5.85. The molecular weight excluding hydrogens is 328 g/mol. The second-order valence-corrected chi connectivity index (χ2v) is 6.35. The normalized spacial score (nSPS) is 22.6. The molecule has 2 aliphatic rings. The largest absolute Gasteiger partial charge is 0.336 e. The van der Waals surface area contributed by atoms with Crippen LogP contribution in [0.4, 0.5) is 0 Å². The summed E-state index contributed by atoms with van der Waals surface area (Å²) in [7, 11) is 0. The molecule has 2 saturated heterocycles. The van der Waals surface area contributed by atoms with E-state index in [-0.39, 0.29) is 18.3 Å². The number of carbonyl (C=O) groups excluding carboxylic acids is 1. The molecular formula is C16H23ClN6O. The number of nitrogens with zero attached hydrogens (tertiary/aromatic N) is 5. The molecule has 1 N–H and O–H groups in total. The van der Waals surface area contributed by atoms with Crippen molar-refractivity contribution in [2.24, 2.45) is 0 Å². The molecule has 2 aromatic rings. The van der Waals surface area contributed by atoms with Crippen LogP contribution < -0.4 is 5.32 Å². The van der Waals surface area contributed by atoms with Crippen molar-refractivity contribution in [3.63, 3.8) is 0 Å². The zero-order valence-electron chi connectivity index (χ0n) is 13.6. The van der Waals surface area contributed by atoms with E-state index in [1.54, 1.807) is 6.20 Å². The first-order valence-electron chi connectivity index (χ1n) is 8.31. The van der Waals surface area contributed by atoms with Crippen molar-refractivity contribution in [3.05, 3.63) is 30.4 Å². The number of piperazine rings is 1. The summed E-state index contributed by atoms with van der Waals surface area (Å²) in [6.07, 6.45) is 8.01. The number of nitrogens with one attached hydrogen (secondary N) is 1. The Hall–Kier alpha value is -1.70. The molecule has 7 nitrogen and oxygen atoms in total. The van der Waals surface area contributed by atoms with Crippen LogP contribution in [0, 0.1) is 0 Å². The van der Waals surface area contributed by atoms with Gasteiger partial charge in [0.2, 0.25) is 11.7 Å². The molecule has 0 bridgehead atoms. The summed E-state index contributed by atoms with van der Waals surface area (Å²) in [4.78, 5) is 25.4. The minimum Gasteiger partial charge on any atom is -0.336 e. The Kier molecular flexibility index (Phi) is 5.33. The first kappa shape index (κ1) is 17.1. The quantitative estimate of drug-likeness (QED) is 0.875. The van der Waals surface area contributed by atoms with E-state index in [0.29, 0.717) is 12.6 Å². The molecule has 8 heteroatoms. The number of hydrogen-bond acceptors (Lipinski definition) is 5. The Morgan fingerprint density at radius 1 is 1.33 bits per heavy atom. The fourth-order valence-electron chi connectivity index (χ4n) is 3.62. The number of fused-ring (bicyclic) bond motifs is 1. The number of aromatic nitrogens is 3. The van der Waals surface area contributed by atoms with Crippen molar-refractivity contribution in [3.8, 4) is 0 Å². The third-order valence-corrected chi connectivity index (χ3v) is 4.72. The Labute approximate surface area is 147 Å². The van der Waals surface area contributed by atoms with Crippen LogP contribution in [-0.4, -0.2) is 68.8 Å². The minimum atomic E-state index is 0. The first-order valence-corrected chi connectivity index (χ1v) is 8.31. The predicted molar refractivity (Wildman–Crippen MR) is 93.1 cm³/mol. The number of imidazole rings is 1. The van der Waals surface area contributed by atoms with Crippen molar-refractivity contribution in [2.75, 3.05) is 32.7 Å². The second kappa shape index (κ2) is 7.46. The van der Waals surface area contributed by atoms with E-state index in [0.717, 1.165) is 57.0 Å². The molecule has 1 amide bonds. The van der Waals surface area contributed by atoms with E-state index in [1.165, 1.54) is 0 Å². The van der Waals surface area contributed by atoms with Gasteiger partial charge in [-0.1, -0.05) is 0 Å². The van der Waals surface area contributed by atoms with Gasteiger partial charge in [-0.2, -0.15) is 0 Å². The third kappa shape index (κ3) is 3.53. The van der Waals surface area contributed by atoms with Crippen LogP contribution in [0.25, 0.3) is 5.78 Å². The molecule has 0 spiro atoms. The third-order valence-electron chi connectivity index (χ3n) is 4.72. The van der Waals surface area contributed by atoms with E-state index >= 15 is 0 Å². The van der Waals surface area contributed by atoms with E-state index in [1.807, 2.05) is 22.9 Å². The Morgan fingerprint density at radius 2 is 2.25 bits per heavy atom. The van der Waals surface area contributed by atoms with Crippen molar-refractivity contribution in [1.82, 2.24) is 29.5 Å². The van der Waals surface area contributed by atoms with Crippen LogP contribution in [0.5, 0.6) is 0 Å². The van der Waals surface area contributed by atoms with Gasteiger partial charge in [0, 0.05) is 50.8 Å². The zero-order valence-corrected chi connectivity index (χ0v) is 14.4. The summed E-state index contributed by atoms with van der Waals surface area (Å²) in [5.41, 5.74) is 1.04. The molecule has 24 heavy (non-hydrogen) atoms. The van der Waals surface area contributed by atoms with Gasteiger partial charge >= 0.3 is 0 Å². The highest BCUT2D eigenvalue weighted by atomic mass is 35.5. The molecule has 0 aliphatic carbocycles. The van der Waals surface area contributed by atoms with Gasteiger partial charge in [0.15, 0.2) is 0 Å². The smallest absolute Gasteiger partial charge is 0.236 e. The van der Waals surface area contributed by atoms with E-state index < -0.39 is 0 Å². The second-order valence-electron chi connectivity index (χ2n) is 6.35. The van der Waals surface area contributed by atoms with Crippen molar-refractivity contribution < 1.29 is 4.79 Å². The maximum atomic E-state index is 12.1. The predicted octanol–water partition coefficient (Wildman–Crippen LogP) is 0.547. The Bertz CT molecular complexity index is 672. The number of likely N-dealkylation sites (tertiary alicyclic amines) is 1. The number of amides is 1. The summed E-state index contributed by atoms with van der Waals surface area (Å²) < 4.78 is 1.95. The fraction of sp³-hybridized carbons (Fsp3) is 0.562. The molecule has 2 fully saturated rings. The van der Waals surface area contributed by atoms with Gasteiger partial charge in [-0.05, 0) is 25.5 Å². The van der Waals surface area contributed by atoms with Crippen molar-refractivity contribution in [2.45, 2.75) is 25.4 Å². The van der Waals surface area contributed by atoms with Gasteiger partial charge in [0.25, 0.3) is 0 Å². The van der Waals surface area contributed by atoms with Crippen LogP contribution in [-0.2, 0) is 11.3 Å². The van der Waals surface area contributed by atoms with E-state index in [9.17, 15) is 4.79 Å². The lowest BCUT2D eigenvalue weighted by molar-refractivity contribution is -0.135. The minimum absolute atomic E-state index is 0. The van der Waals surface area contributed by atoms with Crippen molar-refractivity contribution >= 4 is 24.1 Å². The number of piperidine rings is 1. The molecule has 130 valence electrons. The number of hydrogen-bond donors (Lipinski definition) is 1. The summed E-state index contributed by atoms with van der Waals surface area (Å²) in [5.74, 6) is 0.980. The van der Waals surface area contributed by atoms with Crippen LogP contribution in [0.15, 0.2) is 24.7 Å². The van der Waals surface area contributed by atoms with Crippen LogP contribution in [0.2, 0.25) is 0 Å². The maximum Gasteiger partial charge on any atom is 0.236 e. The average Bonchev–Trinajstić information content (AvgIpc) is 2.97. The van der Waals surface area contributed by atoms with Gasteiger partial charge in [-0.25, -0.2) is 9.97 Å². The van der Waals surface area contributed by atoms with Gasteiger partial charge in [-0.3, -0.25) is 14.1 Å². The van der Waals surface area contributed by atoms with E-state index in [4.69, 9.17) is 0 Å². The summed E-state index contributed by atoms with van der Waals surface area (Å²) in [5, 5.41) is 3.15. The highest BCUT2D eigenvalue weighted by Crippen LogP contribution is 2.18. The maximum absolute atomic E-state index is 12.1. The van der Waals surface area contributed by atoms with Crippen molar-refractivity contribution in [1.29, 1.82) is 0 Å². The lowest BCUT2D eigenvalue weighted by Crippen LogP contribution is -2.56. The standard InChI is InChI=1S/C16H22N6O.ClH/c23-15-9-17-5-8-22(15)14-3-1-6-20(12-14)10-13-11-21-7-2-4-18-16(21)19-13;/h2,4,7,11,14,17H,1,3,5-6,8-10,12H2;1H. The average molecular weight is 351 g/mol. The van der Waals surface area contributed by atoms with Gasteiger partial charge < -0.3 is 10.2 Å². The Morgan fingerprint density at radius 3 is 3.08 bits per heavy atom. The number of halogens is 1. The number of rotatable bonds is 3.